The van der Waals surface area contributed by atoms with Crippen LogP contribution in [0.2, 0.25) is 0 Å². The van der Waals surface area contributed by atoms with Crippen molar-refractivity contribution >= 4 is 28.3 Å². The number of nitrogens with one attached hydrogen (secondary N) is 1. The van der Waals surface area contributed by atoms with Crippen LogP contribution in [-0.2, 0) is 11.3 Å². The van der Waals surface area contributed by atoms with Gasteiger partial charge in [-0.05, 0) is 50.1 Å². The van der Waals surface area contributed by atoms with E-state index in [1.807, 2.05) is 49.4 Å². The first-order valence-corrected chi connectivity index (χ1v) is 11.3. The van der Waals surface area contributed by atoms with E-state index >= 15 is 0 Å². The normalized spacial score (nSPS) is 16.4. The van der Waals surface area contributed by atoms with Crippen molar-refractivity contribution in [3.05, 3.63) is 72.4 Å². The summed E-state index contributed by atoms with van der Waals surface area (Å²) < 4.78 is 7.87. The van der Waals surface area contributed by atoms with Crippen LogP contribution in [0.15, 0.2) is 66.9 Å². The molecule has 0 spiro atoms. The smallest absolute Gasteiger partial charge is 0.225 e. The molecule has 1 fully saturated rings. The third kappa shape index (κ3) is 3.88. The average molecular weight is 429 g/mol. The Morgan fingerprint density at radius 3 is 2.81 bits per heavy atom. The van der Waals surface area contributed by atoms with Gasteiger partial charge in [-0.2, -0.15) is 0 Å². The second kappa shape index (κ2) is 8.91. The van der Waals surface area contributed by atoms with E-state index < -0.39 is 0 Å². The minimum Gasteiger partial charge on any atom is -0.494 e. The third-order valence-electron chi connectivity index (χ3n) is 6.16. The zero-order valence-corrected chi connectivity index (χ0v) is 18.3. The van der Waals surface area contributed by atoms with E-state index in [1.54, 1.807) is 0 Å². The van der Waals surface area contributed by atoms with E-state index in [1.165, 1.54) is 0 Å². The predicted octanol–water partition coefficient (Wildman–Crippen LogP) is 4.42. The number of anilines is 1. The van der Waals surface area contributed by atoms with Gasteiger partial charge in [0.1, 0.15) is 5.75 Å². The molecule has 2 aromatic heterocycles. The Hall–Kier alpha value is -3.54. The number of carbonyl (C=O) groups excluding carboxylic acids is 1. The topological polar surface area (TPSA) is 58.9 Å². The van der Waals surface area contributed by atoms with E-state index in [0.29, 0.717) is 19.7 Å². The number of benzene rings is 2. The van der Waals surface area contributed by atoms with Crippen molar-refractivity contribution in [3.8, 4) is 5.75 Å². The Balaban J connectivity index is 1.34. The van der Waals surface area contributed by atoms with Gasteiger partial charge < -0.3 is 19.4 Å². The summed E-state index contributed by atoms with van der Waals surface area (Å²) in [6.45, 7) is 4.63. The van der Waals surface area contributed by atoms with Gasteiger partial charge in [-0.3, -0.25) is 4.79 Å². The lowest BCUT2D eigenvalue weighted by Gasteiger charge is -2.33. The minimum atomic E-state index is -0.0636. The van der Waals surface area contributed by atoms with Gasteiger partial charge in [-0.1, -0.05) is 30.3 Å². The van der Waals surface area contributed by atoms with Crippen LogP contribution in [0.1, 0.15) is 25.3 Å². The molecule has 2 aromatic carbocycles. The molecule has 0 aliphatic carbocycles. The number of ether oxygens (including phenoxy) is 1. The second-order valence-corrected chi connectivity index (χ2v) is 8.23. The fourth-order valence-corrected chi connectivity index (χ4v) is 4.60. The first-order valence-electron chi connectivity index (χ1n) is 11.3. The number of hydrogen-bond acceptors (Lipinski definition) is 4. The summed E-state index contributed by atoms with van der Waals surface area (Å²) in [5.74, 6) is 1.81. The molecule has 1 aliphatic rings. The summed E-state index contributed by atoms with van der Waals surface area (Å²) in [5.41, 5.74) is 4.14. The van der Waals surface area contributed by atoms with Gasteiger partial charge in [0.25, 0.3) is 0 Å². The summed E-state index contributed by atoms with van der Waals surface area (Å²) in [6.07, 6.45) is 3.93. The van der Waals surface area contributed by atoms with Gasteiger partial charge in [0, 0.05) is 31.4 Å². The van der Waals surface area contributed by atoms with Crippen molar-refractivity contribution in [1.82, 2.24) is 14.7 Å². The molecule has 0 saturated carbocycles. The number of rotatable bonds is 6. The van der Waals surface area contributed by atoms with Gasteiger partial charge in [0.05, 0.1) is 29.1 Å². The summed E-state index contributed by atoms with van der Waals surface area (Å²) in [4.78, 5) is 20.3. The molecule has 1 saturated heterocycles. The van der Waals surface area contributed by atoms with Crippen LogP contribution in [0.3, 0.4) is 0 Å². The number of amides is 1. The Kier molecular flexibility index (Phi) is 5.67. The number of aromatic nitrogens is 2. The Morgan fingerprint density at radius 1 is 1.09 bits per heavy atom. The highest BCUT2D eigenvalue weighted by molar-refractivity contribution is 5.86. The molecule has 5 rings (SSSR count). The SMILES string of the molecule is CCOc1ccccc1CNC(=O)C1CCCN(c2nc3ccccc3n3cccc23)C1. The van der Waals surface area contributed by atoms with Gasteiger partial charge in [0.15, 0.2) is 5.82 Å². The standard InChI is InChI=1S/C26H28N4O2/c1-2-32-24-14-6-3-9-19(24)17-27-26(31)20-10-7-15-29(18-20)25-23-13-8-16-30(23)22-12-5-4-11-21(22)28-25/h3-6,8-9,11-14,16,20H,2,7,10,15,17-18H2,1H3,(H,27,31). The number of hydrogen-bond donors (Lipinski definition) is 1. The Bertz CT molecular complexity index is 1250. The summed E-state index contributed by atoms with van der Waals surface area (Å²) in [7, 11) is 0. The lowest BCUT2D eigenvalue weighted by Crippen LogP contribution is -2.43. The molecule has 3 heterocycles. The van der Waals surface area contributed by atoms with Crippen molar-refractivity contribution in [2.75, 3.05) is 24.6 Å². The highest BCUT2D eigenvalue weighted by Gasteiger charge is 2.28. The van der Waals surface area contributed by atoms with Crippen LogP contribution in [0.25, 0.3) is 16.6 Å². The quantitative estimate of drug-likeness (QED) is 0.494. The summed E-state index contributed by atoms with van der Waals surface area (Å²) >= 11 is 0. The number of fused-ring (bicyclic) bond motifs is 3. The number of nitrogens with zero attached hydrogens (tertiary/aromatic N) is 3. The highest BCUT2D eigenvalue weighted by atomic mass is 16.5. The van der Waals surface area contributed by atoms with Crippen LogP contribution in [0.4, 0.5) is 5.82 Å². The van der Waals surface area contributed by atoms with E-state index in [0.717, 1.165) is 53.1 Å². The van der Waals surface area contributed by atoms with Crippen molar-refractivity contribution < 1.29 is 9.53 Å². The van der Waals surface area contributed by atoms with Crippen molar-refractivity contribution in [3.63, 3.8) is 0 Å². The summed E-state index contributed by atoms with van der Waals surface area (Å²) in [5, 5.41) is 3.13. The zero-order valence-electron chi connectivity index (χ0n) is 18.3. The molecule has 4 aromatic rings. The molecule has 164 valence electrons. The number of piperidine rings is 1. The Labute approximate surface area is 187 Å². The number of para-hydroxylation sites is 3. The minimum absolute atomic E-state index is 0.0636. The monoisotopic (exact) mass is 428 g/mol. The maximum Gasteiger partial charge on any atom is 0.225 e. The van der Waals surface area contributed by atoms with Crippen LogP contribution in [0, 0.1) is 5.92 Å². The second-order valence-electron chi connectivity index (χ2n) is 8.23. The largest absolute Gasteiger partial charge is 0.494 e. The van der Waals surface area contributed by atoms with Gasteiger partial charge >= 0.3 is 0 Å². The molecule has 1 N–H and O–H groups in total. The van der Waals surface area contributed by atoms with E-state index in [9.17, 15) is 4.79 Å². The van der Waals surface area contributed by atoms with Gasteiger partial charge in [-0.15, -0.1) is 0 Å². The fourth-order valence-electron chi connectivity index (χ4n) is 4.60. The lowest BCUT2D eigenvalue weighted by molar-refractivity contribution is -0.125. The number of carbonyl (C=O) groups is 1. The fraction of sp³-hybridized carbons (Fsp3) is 0.308. The molecule has 0 radical (unpaired) electrons. The molecule has 1 atom stereocenters. The van der Waals surface area contributed by atoms with Crippen LogP contribution >= 0.6 is 0 Å². The third-order valence-corrected chi connectivity index (χ3v) is 6.16. The maximum absolute atomic E-state index is 13.0. The molecule has 6 heteroatoms. The van der Waals surface area contributed by atoms with E-state index in [2.05, 4.69) is 39.0 Å². The Morgan fingerprint density at radius 2 is 1.91 bits per heavy atom. The molecule has 32 heavy (non-hydrogen) atoms. The molecule has 6 nitrogen and oxygen atoms in total. The summed E-state index contributed by atoms with van der Waals surface area (Å²) in [6, 6.07) is 20.2. The molecular weight excluding hydrogens is 400 g/mol. The molecule has 1 amide bonds. The zero-order chi connectivity index (χ0) is 21.9. The maximum atomic E-state index is 13.0. The molecule has 1 unspecified atom stereocenters. The molecular formula is C26H28N4O2. The van der Waals surface area contributed by atoms with Crippen molar-refractivity contribution in [2.45, 2.75) is 26.3 Å². The van der Waals surface area contributed by atoms with Gasteiger partial charge in [-0.25, -0.2) is 4.98 Å². The first-order chi connectivity index (χ1) is 15.7. The molecule has 0 bridgehead atoms. The van der Waals surface area contributed by atoms with E-state index in [4.69, 9.17) is 9.72 Å². The average Bonchev–Trinajstić information content (AvgIpc) is 3.33. The van der Waals surface area contributed by atoms with Crippen LogP contribution in [0.5, 0.6) is 5.75 Å². The molecule has 1 aliphatic heterocycles. The van der Waals surface area contributed by atoms with E-state index in [-0.39, 0.29) is 11.8 Å². The van der Waals surface area contributed by atoms with Crippen molar-refractivity contribution in [1.29, 1.82) is 0 Å². The lowest BCUT2D eigenvalue weighted by atomic mass is 9.97. The first kappa shape index (κ1) is 20.4. The van der Waals surface area contributed by atoms with Crippen LogP contribution < -0.4 is 15.0 Å². The van der Waals surface area contributed by atoms with Crippen LogP contribution in [-0.4, -0.2) is 35.0 Å². The predicted molar refractivity (Wildman–Crippen MR) is 127 cm³/mol. The highest BCUT2D eigenvalue weighted by Crippen LogP contribution is 2.29. The van der Waals surface area contributed by atoms with Gasteiger partial charge in [0.2, 0.25) is 5.91 Å². The van der Waals surface area contributed by atoms with Crippen molar-refractivity contribution in [2.24, 2.45) is 5.92 Å².